The topological polar surface area (TPSA) is 110 Å². The standard InChI is InChI=1S/C35H50O7/c1-21(7-6-8-30(37)38)26-13-14-27-31-28(15-16-34(26,27)4)33(3)17-18-35(40,20-25(33)19-29(31)42-22(2)36)24-11-9-23(10-12-24)32(39)41-5/h9-12,21,25-29,31,40H,6-8,13-20H2,1-5H3,(H,37,38)/t21?,25-,26-,27+,28+,29-,31+,33+,34-,35+/m1/s1. The van der Waals surface area contributed by atoms with Crippen molar-refractivity contribution in [3.05, 3.63) is 35.4 Å². The molecule has 4 aliphatic rings. The molecule has 10 atom stereocenters. The highest BCUT2D eigenvalue weighted by molar-refractivity contribution is 5.89. The van der Waals surface area contributed by atoms with Gasteiger partial charge in [0.1, 0.15) is 6.10 Å². The van der Waals surface area contributed by atoms with E-state index < -0.39 is 11.6 Å². The number of hydrogen-bond acceptors (Lipinski definition) is 6. The summed E-state index contributed by atoms with van der Waals surface area (Å²) in [6.07, 6.45) is 9.28. The Labute approximate surface area is 250 Å². The van der Waals surface area contributed by atoms with Gasteiger partial charge in [-0.15, -0.1) is 0 Å². The third-order valence-corrected chi connectivity index (χ3v) is 12.7. The van der Waals surface area contributed by atoms with Gasteiger partial charge in [0.25, 0.3) is 0 Å². The van der Waals surface area contributed by atoms with Crippen molar-refractivity contribution in [1.82, 2.24) is 0 Å². The molecule has 0 aliphatic heterocycles. The molecule has 4 fully saturated rings. The lowest BCUT2D eigenvalue weighted by atomic mass is 9.42. The van der Waals surface area contributed by atoms with Crippen LogP contribution in [0.2, 0.25) is 0 Å². The molecule has 4 saturated carbocycles. The maximum Gasteiger partial charge on any atom is 0.337 e. The number of carbonyl (C=O) groups is 3. The second-order valence-electron chi connectivity index (χ2n) is 14.7. The molecule has 1 unspecified atom stereocenters. The molecule has 7 nitrogen and oxygen atoms in total. The lowest BCUT2D eigenvalue weighted by Gasteiger charge is -2.63. The first-order valence-corrected chi connectivity index (χ1v) is 16.1. The number of carboxylic acid groups (broad SMARTS) is 1. The van der Waals surface area contributed by atoms with Crippen LogP contribution in [0.1, 0.15) is 114 Å². The highest BCUT2D eigenvalue weighted by Gasteiger charge is 2.64. The van der Waals surface area contributed by atoms with Crippen molar-refractivity contribution in [2.24, 2.45) is 46.3 Å². The summed E-state index contributed by atoms with van der Waals surface area (Å²) in [5.41, 5.74) is 0.542. The van der Waals surface area contributed by atoms with Crippen LogP contribution in [0.4, 0.5) is 0 Å². The Balaban J connectivity index is 1.38. The number of hydrogen-bond donors (Lipinski definition) is 2. The molecular formula is C35H50O7. The number of aliphatic carboxylic acids is 1. The van der Waals surface area contributed by atoms with Gasteiger partial charge in [-0.1, -0.05) is 32.9 Å². The van der Waals surface area contributed by atoms with Gasteiger partial charge < -0.3 is 19.7 Å². The van der Waals surface area contributed by atoms with Gasteiger partial charge >= 0.3 is 17.9 Å². The molecule has 2 N–H and O–H groups in total. The van der Waals surface area contributed by atoms with Crippen LogP contribution in [0.5, 0.6) is 0 Å². The zero-order chi connectivity index (χ0) is 30.4. The minimum atomic E-state index is -0.987. The van der Waals surface area contributed by atoms with E-state index in [1.54, 1.807) is 12.1 Å². The van der Waals surface area contributed by atoms with E-state index >= 15 is 0 Å². The van der Waals surface area contributed by atoms with Crippen molar-refractivity contribution in [2.45, 2.75) is 110 Å². The first kappa shape index (κ1) is 31.0. The van der Waals surface area contributed by atoms with Crippen LogP contribution in [0, 0.1) is 46.3 Å². The number of benzene rings is 1. The highest BCUT2D eigenvalue weighted by atomic mass is 16.5. The lowest BCUT2D eigenvalue weighted by Crippen LogP contribution is -2.60. The second kappa shape index (κ2) is 11.6. The normalized spacial score (nSPS) is 39.8. The minimum absolute atomic E-state index is 0.0615. The average molecular weight is 583 g/mol. The fourth-order valence-corrected chi connectivity index (χ4v) is 10.6. The zero-order valence-electron chi connectivity index (χ0n) is 26.1. The molecule has 0 saturated heterocycles. The average Bonchev–Trinajstić information content (AvgIpc) is 3.30. The van der Waals surface area contributed by atoms with E-state index in [0.717, 1.165) is 56.9 Å². The summed E-state index contributed by atoms with van der Waals surface area (Å²) in [7, 11) is 1.37. The summed E-state index contributed by atoms with van der Waals surface area (Å²) in [6, 6.07) is 7.16. The fraction of sp³-hybridized carbons (Fsp3) is 0.743. The Morgan fingerprint density at radius 1 is 1.00 bits per heavy atom. The van der Waals surface area contributed by atoms with Gasteiger partial charge in [0.05, 0.1) is 18.3 Å². The van der Waals surface area contributed by atoms with Crippen molar-refractivity contribution < 1.29 is 34.1 Å². The van der Waals surface area contributed by atoms with E-state index in [4.69, 9.17) is 14.6 Å². The van der Waals surface area contributed by atoms with E-state index in [1.807, 2.05) is 12.1 Å². The SMILES string of the molecule is COC(=O)c1ccc([C@]2(O)CC[C@@]3(C)[C@H](C[C@@H](OC(C)=O)[C@@H]4[C@@H]3CC[C@]3(C)[C@@H](C(C)CCCC(=O)O)CC[C@@H]43)C2)cc1. The van der Waals surface area contributed by atoms with Gasteiger partial charge in [-0.2, -0.15) is 0 Å². The van der Waals surface area contributed by atoms with Crippen LogP contribution < -0.4 is 0 Å². The van der Waals surface area contributed by atoms with Gasteiger partial charge in [-0.25, -0.2) is 4.79 Å². The number of ether oxygens (including phenoxy) is 2. The Morgan fingerprint density at radius 3 is 2.33 bits per heavy atom. The van der Waals surface area contributed by atoms with Crippen molar-refractivity contribution in [3.63, 3.8) is 0 Å². The van der Waals surface area contributed by atoms with E-state index in [-0.39, 0.29) is 41.2 Å². The van der Waals surface area contributed by atoms with Gasteiger partial charge in [-0.3, -0.25) is 9.59 Å². The fourth-order valence-electron chi connectivity index (χ4n) is 10.6. The first-order chi connectivity index (χ1) is 19.8. The largest absolute Gasteiger partial charge is 0.481 e. The van der Waals surface area contributed by atoms with Crippen molar-refractivity contribution in [3.8, 4) is 0 Å². The summed E-state index contributed by atoms with van der Waals surface area (Å²) < 4.78 is 11.0. The number of carbonyl (C=O) groups excluding carboxylic acids is 2. The molecular weight excluding hydrogens is 532 g/mol. The van der Waals surface area contributed by atoms with Crippen LogP contribution in [0.15, 0.2) is 24.3 Å². The number of aliphatic hydroxyl groups is 1. The van der Waals surface area contributed by atoms with Gasteiger partial charge in [0.15, 0.2) is 0 Å². The van der Waals surface area contributed by atoms with E-state index in [0.29, 0.717) is 48.0 Å². The molecule has 0 spiro atoms. The summed E-state index contributed by atoms with van der Waals surface area (Å²) in [5.74, 6) is 1.16. The lowest BCUT2D eigenvalue weighted by molar-refractivity contribution is -0.204. The molecule has 42 heavy (non-hydrogen) atoms. The van der Waals surface area contributed by atoms with Crippen molar-refractivity contribution in [1.29, 1.82) is 0 Å². The first-order valence-electron chi connectivity index (χ1n) is 16.1. The third kappa shape index (κ3) is 5.39. The number of carboxylic acids is 1. The molecule has 0 bridgehead atoms. The maximum atomic E-state index is 12.4. The van der Waals surface area contributed by atoms with Crippen molar-refractivity contribution in [2.75, 3.05) is 7.11 Å². The summed E-state index contributed by atoms with van der Waals surface area (Å²) in [6.45, 7) is 8.74. The summed E-state index contributed by atoms with van der Waals surface area (Å²) in [4.78, 5) is 35.5. The Kier molecular flexibility index (Phi) is 8.56. The highest BCUT2D eigenvalue weighted by Crippen LogP contribution is 2.69. The molecule has 0 radical (unpaired) electrons. The van der Waals surface area contributed by atoms with Gasteiger partial charge in [0, 0.05) is 19.3 Å². The quantitative estimate of drug-likeness (QED) is 0.326. The second-order valence-corrected chi connectivity index (χ2v) is 14.7. The molecule has 0 aromatic heterocycles. The molecule has 0 amide bonds. The van der Waals surface area contributed by atoms with Crippen LogP contribution in [-0.4, -0.2) is 41.3 Å². The third-order valence-electron chi connectivity index (χ3n) is 12.7. The molecule has 232 valence electrons. The Bertz CT molecular complexity index is 1180. The summed E-state index contributed by atoms with van der Waals surface area (Å²) in [5, 5.41) is 21.1. The van der Waals surface area contributed by atoms with E-state index in [2.05, 4.69) is 20.8 Å². The van der Waals surface area contributed by atoms with Crippen LogP contribution in [-0.2, 0) is 24.7 Å². The predicted molar refractivity (Wildman–Crippen MR) is 158 cm³/mol. The zero-order valence-corrected chi connectivity index (χ0v) is 26.1. The van der Waals surface area contributed by atoms with E-state index in [1.165, 1.54) is 14.0 Å². The Morgan fingerprint density at radius 2 is 1.69 bits per heavy atom. The molecule has 4 aliphatic carbocycles. The van der Waals surface area contributed by atoms with Crippen LogP contribution in [0.25, 0.3) is 0 Å². The number of rotatable bonds is 8. The Hall–Kier alpha value is -2.41. The van der Waals surface area contributed by atoms with Gasteiger partial charge in [-0.05, 0) is 122 Å². The molecule has 0 heterocycles. The smallest absolute Gasteiger partial charge is 0.337 e. The summed E-state index contributed by atoms with van der Waals surface area (Å²) >= 11 is 0. The van der Waals surface area contributed by atoms with E-state index in [9.17, 15) is 19.5 Å². The molecule has 1 aromatic carbocycles. The number of esters is 2. The predicted octanol–water partition coefficient (Wildman–Crippen LogP) is 6.75. The number of fused-ring (bicyclic) bond motifs is 5. The molecule has 5 rings (SSSR count). The van der Waals surface area contributed by atoms with Crippen LogP contribution >= 0.6 is 0 Å². The molecule has 1 aromatic rings. The van der Waals surface area contributed by atoms with Crippen LogP contribution in [0.3, 0.4) is 0 Å². The van der Waals surface area contributed by atoms with Crippen molar-refractivity contribution >= 4 is 17.9 Å². The molecule has 7 heteroatoms. The van der Waals surface area contributed by atoms with Gasteiger partial charge in [0.2, 0.25) is 0 Å². The number of methoxy groups -OCH3 is 1. The maximum absolute atomic E-state index is 12.4. The minimum Gasteiger partial charge on any atom is -0.481 e. The monoisotopic (exact) mass is 582 g/mol.